The van der Waals surface area contributed by atoms with E-state index in [0.29, 0.717) is 18.8 Å². The molecule has 0 saturated heterocycles. The molecule has 0 N–H and O–H groups in total. The van der Waals surface area contributed by atoms with Crippen LogP contribution in [-0.2, 0) is 16.0 Å². The smallest absolute Gasteiger partial charge is 0.360 e. The Morgan fingerprint density at radius 3 is 2.71 bits per heavy atom. The molecule has 0 aliphatic carbocycles. The van der Waals surface area contributed by atoms with E-state index >= 15 is 0 Å². The Labute approximate surface area is 123 Å². The molecular formula is C15H19N3O3. The van der Waals surface area contributed by atoms with Crippen molar-refractivity contribution in [3.05, 3.63) is 46.8 Å². The van der Waals surface area contributed by atoms with Crippen LogP contribution in [0, 0.1) is 13.8 Å². The average Bonchev–Trinajstić information content (AvgIpc) is 2.83. The number of nitrogens with zero attached hydrogens (tertiary/aromatic N) is 3. The molecule has 0 amide bonds. The van der Waals surface area contributed by atoms with E-state index in [1.165, 1.54) is 5.56 Å². The number of benzene rings is 1. The first-order chi connectivity index (χ1) is 10.1. The Bertz CT molecular complexity index is 622. The van der Waals surface area contributed by atoms with Crippen LogP contribution in [0.4, 0.5) is 0 Å². The van der Waals surface area contributed by atoms with E-state index in [1.807, 2.05) is 38.1 Å². The molecule has 2 aromatic rings. The summed E-state index contributed by atoms with van der Waals surface area (Å²) >= 11 is 0. The molecule has 0 atom stereocenters. The molecule has 1 aromatic heterocycles. The molecule has 0 fully saturated rings. The standard InChI is InChI=1S/C15H19N3O3/c1-11-6-4-5-7-13(11)10-18-12(2)14(16-17-18)15(19)21-9-8-20-3/h4-7H,8-10H2,1-3H3. The van der Waals surface area contributed by atoms with Gasteiger partial charge in [0.25, 0.3) is 0 Å². The number of esters is 1. The van der Waals surface area contributed by atoms with E-state index in [2.05, 4.69) is 10.3 Å². The van der Waals surface area contributed by atoms with E-state index in [9.17, 15) is 4.79 Å². The summed E-state index contributed by atoms with van der Waals surface area (Å²) in [6.07, 6.45) is 0. The third kappa shape index (κ3) is 3.66. The molecule has 0 radical (unpaired) electrons. The third-order valence-electron chi connectivity index (χ3n) is 3.28. The Balaban J connectivity index is 2.10. The fraction of sp³-hybridized carbons (Fsp3) is 0.400. The molecule has 1 heterocycles. The zero-order valence-electron chi connectivity index (χ0n) is 12.5. The van der Waals surface area contributed by atoms with Crippen molar-refractivity contribution in [2.45, 2.75) is 20.4 Å². The van der Waals surface area contributed by atoms with Crippen molar-refractivity contribution >= 4 is 5.97 Å². The molecule has 0 spiro atoms. The van der Waals surface area contributed by atoms with E-state index < -0.39 is 5.97 Å². The first-order valence-corrected chi connectivity index (χ1v) is 6.74. The van der Waals surface area contributed by atoms with Crippen LogP contribution in [0.2, 0.25) is 0 Å². The molecule has 1 aromatic carbocycles. The molecule has 0 unspecified atom stereocenters. The topological polar surface area (TPSA) is 66.2 Å². The lowest BCUT2D eigenvalue weighted by Gasteiger charge is -2.07. The maximum Gasteiger partial charge on any atom is 0.360 e. The number of rotatable bonds is 6. The lowest BCUT2D eigenvalue weighted by atomic mass is 10.1. The van der Waals surface area contributed by atoms with Gasteiger partial charge in [-0.05, 0) is 25.0 Å². The van der Waals surface area contributed by atoms with Crippen LogP contribution in [0.5, 0.6) is 0 Å². The summed E-state index contributed by atoms with van der Waals surface area (Å²) in [5.74, 6) is -0.472. The fourth-order valence-corrected chi connectivity index (χ4v) is 1.93. The van der Waals surface area contributed by atoms with Crippen LogP contribution < -0.4 is 0 Å². The fourth-order valence-electron chi connectivity index (χ4n) is 1.93. The van der Waals surface area contributed by atoms with Crippen LogP contribution in [-0.4, -0.2) is 41.3 Å². The first-order valence-electron chi connectivity index (χ1n) is 6.74. The number of hydrogen-bond acceptors (Lipinski definition) is 5. The largest absolute Gasteiger partial charge is 0.458 e. The molecule has 0 bridgehead atoms. The van der Waals surface area contributed by atoms with Gasteiger partial charge in [-0.15, -0.1) is 5.10 Å². The second kappa shape index (κ2) is 6.99. The second-order valence-electron chi connectivity index (χ2n) is 4.74. The number of aromatic nitrogens is 3. The maximum absolute atomic E-state index is 11.9. The number of ether oxygens (including phenoxy) is 2. The zero-order chi connectivity index (χ0) is 15.2. The van der Waals surface area contributed by atoms with Gasteiger partial charge >= 0.3 is 5.97 Å². The minimum atomic E-state index is -0.472. The summed E-state index contributed by atoms with van der Waals surface area (Å²) in [6, 6.07) is 8.05. The van der Waals surface area contributed by atoms with Crippen molar-refractivity contribution < 1.29 is 14.3 Å². The van der Waals surface area contributed by atoms with Crippen LogP contribution >= 0.6 is 0 Å². The van der Waals surface area contributed by atoms with Crippen molar-refractivity contribution in [1.82, 2.24) is 15.0 Å². The molecule has 112 valence electrons. The SMILES string of the molecule is COCCOC(=O)c1nnn(Cc2ccccc2C)c1C. The van der Waals surface area contributed by atoms with Gasteiger partial charge in [-0.1, -0.05) is 29.5 Å². The summed E-state index contributed by atoms with van der Waals surface area (Å²) in [6.45, 7) is 5.01. The summed E-state index contributed by atoms with van der Waals surface area (Å²) in [5, 5.41) is 7.95. The first kappa shape index (κ1) is 15.2. The van der Waals surface area contributed by atoms with Gasteiger partial charge in [0.05, 0.1) is 18.8 Å². The predicted molar refractivity (Wildman–Crippen MR) is 77.2 cm³/mol. The van der Waals surface area contributed by atoms with Gasteiger partial charge in [0.1, 0.15) is 6.61 Å². The van der Waals surface area contributed by atoms with Crippen LogP contribution in [0.3, 0.4) is 0 Å². The van der Waals surface area contributed by atoms with Crippen LogP contribution in [0.25, 0.3) is 0 Å². The van der Waals surface area contributed by atoms with Crippen molar-refractivity contribution in [3.63, 3.8) is 0 Å². The average molecular weight is 289 g/mol. The predicted octanol–water partition coefficient (Wildman–Crippen LogP) is 1.75. The third-order valence-corrected chi connectivity index (χ3v) is 3.28. The highest BCUT2D eigenvalue weighted by Crippen LogP contribution is 2.12. The number of carbonyl (C=O) groups is 1. The molecule has 21 heavy (non-hydrogen) atoms. The van der Waals surface area contributed by atoms with Gasteiger partial charge in [0, 0.05) is 7.11 Å². The minimum Gasteiger partial charge on any atom is -0.458 e. The highest BCUT2D eigenvalue weighted by Gasteiger charge is 2.18. The Kier molecular flexibility index (Phi) is 5.05. The molecule has 6 nitrogen and oxygen atoms in total. The molecule has 0 saturated carbocycles. The van der Waals surface area contributed by atoms with Crippen molar-refractivity contribution in [2.75, 3.05) is 20.3 Å². The highest BCUT2D eigenvalue weighted by atomic mass is 16.6. The molecule has 2 rings (SSSR count). The van der Waals surface area contributed by atoms with Crippen molar-refractivity contribution in [3.8, 4) is 0 Å². The lowest BCUT2D eigenvalue weighted by Crippen LogP contribution is -2.12. The van der Waals surface area contributed by atoms with Crippen molar-refractivity contribution in [1.29, 1.82) is 0 Å². The monoisotopic (exact) mass is 289 g/mol. The highest BCUT2D eigenvalue weighted by molar-refractivity contribution is 5.88. The summed E-state index contributed by atoms with van der Waals surface area (Å²) in [5.41, 5.74) is 3.27. The quantitative estimate of drug-likeness (QED) is 0.598. The van der Waals surface area contributed by atoms with Crippen LogP contribution in [0.1, 0.15) is 27.3 Å². The van der Waals surface area contributed by atoms with E-state index in [-0.39, 0.29) is 12.3 Å². The summed E-state index contributed by atoms with van der Waals surface area (Å²) < 4.78 is 11.6. The zero-order valence-corrected chi connectivity index (χ0v) is 12.5. The number of hydrogen-bond donors (Lipinski definition) is 0. The summed E-state index contributed by atoms with van der Waals surface area (Å²) in [7, 11) is 1.55. The number of methoxy groups -OCH3 is 1. The Morgan fingerprint density at radius 1 is 1.24 bits per heavy atom. The lowest BCUT2D eigenvalue weighted by molar-refractivity contribution is 0.0380. The van der Waals surface area contributed by atoms with Gasteiger partial charge < -0.3 is 9.47 Å². The van der Waals surface area contributed by atoms with Gasteiger partial charge in [0.15, 0.2) is 5.69 Å². The Hall–Kier alpha value is -2.21. The van der Waals surface area contributed by atoms with E-state index in [4.69, 9.17) is 9.47 Å². The van der Waals surface area contributed by atoms with Gasteiger partial charge in [-0.3, -0.25) is 0 Å². The molecule has 0 aliphatic heterocycles. The minimum absolute atomic E-state index is 0.208. The number of aryl methyl sites for hydroxylation is 1. The molecular weight excluding hydrogens is 270 g/mol. The maximum atomic E-state index is 11.9. The Morgan fingerprint density at radius 2 is 2.00 bits per heavy atom. The van der Waals surface area contributed by atoms with Gasteiger partial charge in [-0.2, -0.15) is 0 Å². The van der Waals surface area contributed by atoms with Gasteiger partial charge in [-0.25, -0.2) is 9.48 Å². The summed E-state index contributed by atoms with van der Waals surface area (Å²) in [4.78, 5) is 11.9. The molecule has 0 aliphatic rings. The second-order valence-corrected chi connectivity index (χ2v) is 4.74. The van der Waals surface area contributed by atoms with E-state index in [0.717, 1.165) is 5.56 Å². The van der Waals surface area contributed by atoms with Crippen molar-refractivity contribution in [2.24, 2.45) is 0 Å². The van der Waals surface area contributed by atoms with Crippen LogP contribution in [0.15, 0.2) is 24.3 Å². The molecule has 6 heteroatoms. The van der Waals surface area contributed by atoms with E-state index in [1.54, 1.807) is 11.8 Å². The normalized spacial score (nSPS) is 10.6. The van der Waals surface area contributed by atoms with Gasteiger partial charge in [0.2, 0.25) is 0 Å². The number of carbonyl (C=O) groups excluding carboxylic acids is 1.